The van der Waals surface area contributed by atoms with Gasteiger partial charge in [0.2, 0.25) is 0 Å². The predicted molar refractivity (Wildman–Crippen MR) is 89.1 cm³/mol. The summed E-state index contributed by atoms with van der Waals surface area (Å²) in [5.74, 6) is 0.835. The second kappa shape index (κ2) is 8.13. The highest BCUT2D eigenvalue weighted by Crippen LogP contribution is 2.21. The van der Waals surface area contributed by atoms with E-state index in [4.69, 9.17) is 10.00 Å². The first kappa shape index (κ1) is 16.7. The molecule has 1 atom stereocenters. The van der Waals surface area contributed by atoms with Crippen molar-refractivity contribution >= 4 is 17.4 Å². The summed E-state index contributed by atoms with van der Waals surface area (Å²) in [4.78, 5) is 0. The van der Waals surface area contributed by atoms with E-state index in [1.54, 1.807) is 12.1 Å². The molecular formula is C16H18FN5OS. The van der Waals surface area contributed by atoms with Crippen molar-refractivity contribution in [3.8, 4) is 6.07 Å². The number of rotatable bonds is 7. The predicted octanol–water partition coefficient (Wildman–Crippen LogP) is 2.82. The molecule has 1 saturated heterocycles. The van der Waals surface area contributed by atoms with Crippen LogP contribution in [0, 0.1) is 17.1 Å². The summed E-state index contributed by atoms with van der Waals surface area (Å²) >= 11 is 1.37. The second-order valence-corrected chi connectivity index (χ2v) is 6.39. The molecule has 0 aliphatic carbocycles. The summed E-state index contributed by atoms with van der Waals surface area (Å²) in [7, 11) is 0. The van der Waals surface area contributed by atoms with Crippen molar-refractivity contribution in [3.63, 3.8) is 0 Å². The average molecular weight is 347 g/mol. The highest BCUT2D eigenvalue weighted by Gasteiger charge is 2.20. The van der Waals surface area contributed by atoms with Gasteiger partial charge in [0.1, 0.15) is 5.82 Å². The minimum atomic E-state index is -0.266. The highest BCUT2D eigenvalue weighted by molar-refractivity contribution is 7.99. The molecule has 0 saturated carbocycles. The van der Waals surface area contributed by atoms with Crippen molar-refractivity contribution < 1.29 is 9.13 Å². The topological polar surface area (TPSA) is 75.8 Å². The van der Waals surface area contributed by atoms with Crippen LogP contribution in [0.3, 0.4) is 0 Å². The number of aromatic nitrogens is 3. The van der Waals surface area contributed by atoms with E-state index in [-0.39, 0.29) is 11.9 Å². The number of nitrogens with one attached hydrogen (secondary N) is 1. The molecule has 126 valence electrons. The monoisotopic (exact) mass is 347 g/mol. The summed E-state index contributed by atoms with van der Waals surface area (Å²) in [5.41, 5.74) is 0.814. The number of hydrogen-bond donors (Lipinski definition) is 1. The lowest BCUT2D eigenvalue weighted by atomic mass is 10.2. The lowest BCUT2D eigenvalue weighted by Gasteiger charge is -2.15. The molecule has 2 aromatic rings. The number of hydrogen-bond acceptors (Lipinski definition) is 6. The second-order valence-electron chi connectivity index (χ2n) is 5.45. The zero-order valence-corrected chi connectivity index (χ0v) is 13.9. The molecule has 0 spiro atoms. The SMILES string of the molecule is N#CCSc1nnc(CNc2ccc(F)cc2)n1CC1CCCO1. The lowest BCUT2D eigenvalue weighted by Crippen LogP contribution is -2.19. The first-order valence-corrected chi connectivity index (χ1v) is 8.77. The fourth-order valence-electron chi connectivity index (χ4n) is 2.58. The Bertz CT molecular complexity index is 706. The summed E-state index contributed by atoms with van der Waals surface area (Å²) < 4.78 is 20.7. The van der Waals surface area contributed by atoms with Crippen molar-refractivity contribution in [3.05, 3.63) is 35.9 Å². The van der Waals surface area contributed by atoms with Crippen LogP contribution in [0.15, 0.2) is 29.4 Å². The van der Waals surface area contributed by atoms with Gasteiger partial charge in [0, 0.05) is 12.3 Å². The van der Waals surface area contributed by atoms with E-state index in [1.807, 2.05) is 4.57 Å². The van der Waals surface area contributed by atoms with Gasteiger partial charge in [-0.1, -0.05) is 11.8 Å². The molecule has 1 N–H and O–H groups in total. The number of thioether (sulfide) groups is 1. The van der Waals surface area contributed by atoms with Gasteiger partial charge in [-0.2, -0.15) is 5.26 Å². The molecule has 0 radical (unpaired) electrons. The number of benzene rings is 1. The Morgan fingerprint density at radius 1 is 1.38 bits per heavy atom. The Morgan fingerprint density at radius 3 is 2.92 bits per heavy atom. The molecule has 0 amide bonds. The van der Waals surface area contributed by atoms with Gasteiger partial charge in [0.25, 0.3) is 0 Å². The Labute approximate surface area is 144 Å². The van der Waals surface area contributed by atoms with Crippen LogP contribution >= 0.6 is 11.8 Å². The molecule has 1 aliphatic rings. The first-order chi connectivity index (χ1) is 11.8. The van der Waals surface area contributed by atoms with E-state index >= 15 is 0 Å². The van der Waals surface area contributed by atoms with E-state index in [0.717, 1.165) is 36.1 Å². The zero-order valence-electron chi connectivity index (χ0n) is 13.1. The normalized spacial score (nSPS) is 16.9. The van der Waals surface area contributed by atoms with Gasteiger partial charge in [-0.05, 0) is 37.1 Å². The third-order valence-electron chi connectivity index (χ3n) is 3.76. The van der Waals surface area contributed by atoms with Gasteiger partial charge in [-0.25, -0.2) is 4.39 Å². The van der Waals surface area contributed by atoms with E-state index < -0.39 is 0 Å². The molecule has 6 nitrogen and oxygen atoms in total. The van der Waals surface area contributed by atoms with Gasteiger partial charge in [0.05, 0.1) is 31.0 Å². The van der Waals surface area contributed by atoms with Gasteiger partial charge in [0.15, 0.2) is 11.0 Å². The third-order valence-corrected chi connectivity index (χ3v) is 4.60. The molecule has 1 aromatic carbocycles. The van der Waals surface area contributed by atoms with Crippen molar-refractivity contribution in [1.29, 1.82) is 5.26 Å². The molecular weight excluding hydrogens is 329 g/mol. The van der Waals surface area contributed by atoms with Crippen LogP contribution in [-0.4, -0.2) is 33.2 Å². The molecule has 24 heavy (non-hydrogen) atoms. The van der Waals surface area contributed by atoms with Crippen LogP contribution in [0.5, 0.6) is 0 Å². The maximum Gasteiger partial charge on any atom is 0.192 e. The number of halogens is 1. The molecule has 2 heterocycles. The first-order valence-electron chi connectivity index (χ1n) is 7.79. The number of ether oxygens (including phenoxy) is 1. The average Bonchev–Trinajstić information content (AvgIpc) is 3.23. The summed E-state index contributed by atoms with van der Waals surface area (Å²) in [5, 5.41) is 21.2. The van der Waals surface area contributed by atoms with Crippen LogP contribution in [0.2, 0.25) is 0 Å². The van der Waals surface area contributed by atoms with E-state index in [9.17, 15) is 4.39 Å². The van der Waals surface area contributed by atoms with Crippen LogP contribution < -0.4 is 5.32 Å². The Kier molecular flexibility index (Phi) is 5.67. The smallest absolute Gasteiger partial charge is 0.192 e. The van der Waals surface area contributed by atoms with Crippen LogP contribution in [-0.2, 0) is 17.8 Å². The van der Waals surface area contributed by atoms with Crippen molar-refractivity contribution in [1.82, 2.24) is 14.8 Å². The van der Waals surface area contributed by atoms with Crippen LogP contribution in [0.25, 0.3) is 0 Å². The van der Waals surface area contributed by atoms with Crippen molar-refractivity contribution in [2.24, 2.45) is 0 Å². The largest absolute Gasteiger partial charge is 0.378 e. The maximum atomic E-state index is 13.0. The molecule has 1 unspecified atom stereocenters. The van der Waals surface area contributed by atoms with Gasteiger partial charge in [-0.15, -0.1) is 10.2 Å². The summed E-state index contributed by atoms with van der Waals surface area (Å²) in [6.07, 6.45) is 2.24. The molecule has 1 fully saturated rings. The third kappa shape index (κ3) is 4.24. The maximum absolute atomic E-state index is 13.0. The molecule has 3 rings (SSSR count). The Morgan fingerprint density at radius 2 is 2.21 bits per heavy atom. The van der Waals surface area contributed by atoms with E-state index in [2.05, 4.69) is 21.6 Å². The number of nitrogens with zero attached hydrogens (tertiary/aromatic N) is 4. The summed E-state index contributed by atoms with van der Waals surface area (Å²) in [6, 6.07) is 8.29. The molecule has 8 heteroatoms. The minimum absolute atomic E-state index is 0.159. The highest BCUT2D eigenvalue weighted by atomic mass is 32.2. The fourth-order valence-corrected chi connectivity index (χ4v) is 3.21. The van der Waals surface area contributed by atoms with E-state index in [0.29, 0.717) is 18.8 Å². The van der Waals surface area contributed by atoms with Gasteiger partial charge in [-0.3, -0.25) is 0 Å². The standard InChI is InChI=1S/C16H18FN5OS/c17-12-3-5-13(6-4-12)19-10-15-20-21-16(24-9-7-18)22(15)11-14-2-1-8-23-14/h3-6,14,19H,1-2,8-11H2. The molecule has 1 aliphatic heterocycles. The lowest BCUT2D eigenvalue weighted by molar-refractivity contribution is 0.0942. The number of anilines is 1. The van der Waals surface area contributed by atoms with Crippen molar-refractivity contribution in [2.45, 2.75) is 37.2 Å². The molecule has 0 bridgehead atoms. The summed E-state index contributed by atoms with van der Waals surface area (Å²) in [6.45, 7) is 1.94. The Hall–Kier alpha value is -2.11. The molecule has 1 aromatic heterocycles. The fraction of sp³-hybridized carbons (Fsp3) is 0.438. The van der Waals surface area contributed by atoms with Gasteiger partial charge < -0.3 is 14.6 Å². The number of nitriles is 1. The minimum Gasteiger partial charge on any atom is -0.378 e. The van der Waals surface area contributed by atoms with Gasteiger partial charge >= 0.3 is 0 Å². The van der Waals surface area contributed by atoms with Crippen molar-refractivity contribution in [2.75, 3.05) is 17.7 Å². The zero-order chi connectivity index (χ0) is 16.8. The van der Waals surface area contributed by atoms with Crippen LogP contribution in [0.4, 0.5) is 10.1 Å². The Balaban J connectivity index is 1.71. The van der Waals surface area contributed by atoms with Crippen LogP contribution in [0.1, 0.15) is 18.7 Å². The quantitative estimate of drug-likeness (QED) is 0.776. The van der Waals surface area contributed by atoms with E-state index in [1.165, 1.54) is 23.9 Å².